The Bertz CT molecular complexity index is 267. The molecule has 0 aliphatic carbocycles. The molecule has 1 heterocycles. The predicted molar refractivity (Wildman–Crippen MR) is 56.2 cm³/mol. The van der Waals surface area contributed by atoms with Crippen molar-refractivity contribution in [2.45, 2.75) is 40.2 Å². The minimum Gasteiger partial charge on any atom is -0.461 e. The molecule has 0 aromatic heterocycles. The second-order valence-corrected chi connectivity index (χ2v) is 5.02. The van der Waals surface area contributed by atoms with Crippen molar-refractivity contribution in [2.75, 3.05) is 13.1 Å². The van der Waals surface area contributed by atoms with E-state index in [0.717, 1.165) is 6.42 Å². The first-order chi connectivity index (χ1) is 6.80. The molecular weight excluding hydrogens is 194 g/mol. The van der Waals surface area contributed by atoms with Gasteiger partial charge in [0.1, 0.15) is 6.10 Å². The van der Waals surface area contributed by atoms with Gasteiger partial charge in [-0.05, 0) is 0 Å². The van der Waals surface area contributed by atoms with Crippen molar-refractivity contribution in [3.8, 4) is 0 Å². The van der Waals surface area contributed by atoms with Crippen LogP contribution in [-0.4, -0.2) is 36.0 Å². The van der Waals surface area contributed by atoms with Crippen molar-refractivity contribution in [1.29, 1.82) is 0 Å². The number of ether oxygens (including phenoxy) is 1. The number of esters is 1. The average molecular weight is 213 g/mol. The summed E-state index contributed by atoms with van der Waals surface area (Å²) in [6, 6.07) is 0. The lowest BCUT2D eigenvalue weighted by atomic mass is 9.95. The van der Waals surface area contributed by atoms with Gasteiger partial charge in [-0.15, -0.1) is 0 Å². The summed E-state index contributed by atoms with van der Waals surface area (Å²) in [6.07, 6.45) is 0.635. The number of hydrogen-bond donors (Lipinski definition) is 0. The molecular formula is C11H19NO3. The van der Waals surface area contributed by atoms with Gasteiger partial charge >= 0.3 is 5.97 Å². The second-order valence-electron chi connectivity index (χ2n) is 5.02. The Labute approximate surface area is 90.6 Å². The fraction of sp³-hybridized carbons (Fsp3) is 0.818. The minimum atomic E-state index is -0.356. The lowest BCUT2D eigenvalue weighted by Crippen LogP contribution is -2.38. The Morgan fingerprint density at radius 1 is 1.33 bits per heavy atom. The van der Waals surface area contributed by atoms with Crippen molar-refractivity contribution in [2.24, 2.45) is 5.41 Å². The first-order valence-corrected chi connectivity index (χ1v) is 5.27. The van der Waals surface area contributed by atoms with Crippen LogP contribution in [0.15, 0.2) is 0 Å². The summed E-state index contributed by atoms with van der Waals surface area (Å²) in [7, 11) is 0. The van der Waals surface area contributed by atoms with Crippen molar-refractivity contribution in [3.63, 3.8) is 0 Å². The third-order valence-electron chi connectivity index (χ3n) is 2.41. The molecule has 15 heavy (non-hydrogen) atoms. The van der Waals surface area contributed by atoms with Gasteiger partial charge in [-0.25, -0.2) is 0 Å². The molecule has 1 fully saturated rings. The highest BCUT2D eigenvalue weighted by molar-refractivity contribution is 5.81. The van der Waals surface area contributed by atoms with Gasteiger partial charge in [0.2, 0.25) is 5.91 Å². The molecule has 0 radical (unpaired) electrons. The van der Waals surface area contributed by atoms with E-state index in [0.29, 0.717) is 13.1 Å². The van der Waals surface area contributed by atoms with Gasteiger partial charge in [0.15, 0.2) is 0 Å². The summed E-state index contributed by atoms with van der Waals surface area (Å²) in [5.74, 6) is -0.151. The molecule has 0 aromatic carbocycles. The molecule has 1 amide bonds. The van der Waals surface area contributed by atoms with E-state index in [9.17, 15) is 9.59 Å². The van der Waals surface area contributed by atoms with Crippen LogP contribution in [-0.2, 0) is 14.3 Å². The molecule has 0 N–H and O–H groups in total. The van der Waals surface area contributed by atoms with Crippen LogP contribution in [0, 0.1) is 5.41 Å². The summed E-state index contributed by atoms with van der Waals surface area (Å²) in [4.78, 5) is 24.4. The van der Waals surface area contributed by atoms with Gasteiger partial charge in [-0.2, -0.15) is 0 Å². The zero-order valence-electron chi connectivity index (χ0n) is 9.87. The van der Waals surface area contributed by atoms with Gasteiger partial charge < -0.3 is 9.64 Å². The molecule has 0 saturated carbocycles. The van der Waals surface area contributed by atoms with Crippen molar-refractivity contribution < 1.29 is 14.3 Å². The highest BCUT2D eigenvalue weighted by atomic mass is 16.5. The van der Waals surface area contributed by atoms with E-state index < -0.39 is 0 Å². The van der Waals surface area contributed by atoms with E-state index in [1.165, 1.54) is 6.92 Å². The maximum absolute atomic E-state index is 11.9. The summed E-state index contributed by atoms with van der Waals surface area (Å²) in [5, 5.41) is 0. The molecule has 1 rings (SSSR count). The Kier molecular flexibility index (Phi) is 3.37. The number of nitrogens with zero attached hydrogens (tertiary/aromatic N) is 1. The Morgan fingerprint density at radius 3 is 2.40 bits per heavy atom. The molecule has 1 atom stereocenters. The molecule has 1 aliphatic rings. The fourth-order valence-electron chi connectivity index (χ4n) is 1.72. The lowest BCUT2D eigenvalue weighted by Gasteiger charge is -2.25. The zero-order valence-corrected chi connectivity index (χ0v) is 9.87. The summed E-state index contributed by atoms with van der Waals surface area (Å²) in [6.45, 7) is 8.31. The summed E-state index contributed by atoms with van der Waals surface area (Å²) >= 11 is 0. The van der Waals surface area contributed by atoms with Crippen LogP contribution in [0.4, 0.5) is 0 Å². The van der Waals surface area contributed by atoms with Crippen LogP contribution in [0.1, 0.15) is 34.1 Å². The van der Waals surface area contributed by atoms with Crippen LogP contribution >= 0.6 is 0 Å². The quantitative estimate of drug-likeness (QED) is 0.615. The minimum absolute atomic E-state index is 0.117. The Balaban J connectivity index is 2.50. The van der Waals surface area contributed by atoms with Gasteiger partial charge in [-0.3, -0.25) is 9.59 Å². The van der Waals surface area contributed by atoms with E-state index in [1.807, 2.05) is 20.8 Å². The number of amides is 1. The highest BCUT2D eigenvalue weighted by Crippen LogP contribution is 2.22. The fourth-order valence-corrected chi connectivity index (χ4v) is 1.72. The number of carbonyl (C=O) groups is 2. The standard InChI is InChI=1S/C11H19NO3/c1-8(13)15-9-5-6-12(7-9)10(14)11(2,3)4/h9H,5-7H2,1-4H3. The van der Waals surface area contributed by atoms with Gasteiger partial charge in [0.25, 0.3) is 0 Å². The number of rotatable bonds is 1. The monoisotopic (exact) mass is 213 g/mol. The van der Waals surface area contributed by atoms with E-state index >= 15 is 0 Å². The molecule has 1 saturated heterocycles. The lowest BCUT2D eigenvalue weighted by molar-refractivity contribution is -0.147. The van der Waals surface area contributed by atoms with Crippen molar-refractivity contribution in [1.82, 2.24) is 4.90 Å². The van der Waals surface area contributed by atoms with Crippen LogP contribution < -0.4 is 0 Å². The third-order valence-corrected chi connectivity index (χ3v) is 2.41. The molecule has 0 spiro atoms. The van der Waals surface area contributed by atoms with Gasteiger partial charge in [-0.1, -0.05) is 20.8 Å². The van der Waals surface area contributed by atoms with Crippen LogP contribution in [0.3, 0.4) is 0 Å². The molecule has 86 valence electrons. The Morgan fingerprint density at radius 2 is 1.93 bits per heavy atom. The van der Waals surface area contributed by atoms with Crippen molar-refractivity contribution >= 4 is 11.9 Å². The SMILES string of the molecule is CC(=O)OC1CCN(C(=O)C(C)(C)C)C1. The van der Waals surface area contributed by atoms with E-state index in [4.69, 9.17) is 4.74 Å². The largest absolute Gasteiger partial charge is 0.461 e. The molecule has 0 aromatic rings. The maximum atomic E-state index is 11.9. The summed E-state index contributed by atoms with van der Waals surface area (Å²) in [5.41, 5.74) is -0.356. The highest BCUT2D eigenvalue weighted by Gasteiger charge is 2.33. The maximum Gasteiger partial charge on any atom is 0.302 e. The Hall–Kier alpha value is -1.06. The molecule has 0 bridgehead atoms. The molecule has 4 nitrogen and oxygen atoms in total. The van der Waals surface area contributed by atoms with E-state index in [1.54, 1.807) is 4.90 Å². The molecule has 1 unspecified atom stereocenters. The normalized spacial score (nSPS) is 21.6. The van der Waals surface area contributed by atoms with Crippen LogP contribution in [0.2, 0.25) is 0 Å². The number of hydrogen-bond acceptors (Lipinski definition) is 3. The molecule has 1 aliphatic heterocycles. The smallest absolute Gasteiger partial charge is 0.302 e. The first kappa shape index (κ1) is 12.0. The first-order valence-electron chi connectivity index (χ1n) is 5.27. The van der Waals surface area contributed by atoms with Crippen LogP contribution in [0.25, 0.3) is 0 Å². The van der Waals surface area contributed by atoms with Crippen molar-refractivity contribution in [3.05, 3.63) is 0 Å². The van der Waals surface area contributed by atoms with Crippen LogP contribution in [0.5, 0.6) is 0 Å². The third kappa shape index (κ3) is 3.22. The zero-order chi connectivity index (χ0) is 11.6. The van der Waals surface area contributed by atoms with Gasteiger partial charge in [0, 0.05) is 25.3 Å². The predicted octanol–water partition coefficient (Wildman–Crippen LogP) is 1.20. The number of carbonyl (C=O) groups excluding carboxylic acids is 2. The molecule has 4 heteroatoms. The van der Waals surface area contributed by atoms with Gasteiger partial charge in [0.05, 0.1) is 6.54 Å². The summed E-state index contributed by atoms with van der Waals surface area (Å²) < 4.78 is 5.07. The number of likely N-dealkylation sites (tertiary alicyclic amines) is 1. The average Bonchev–Trinajstić information content (AvgIpc) is 2.48. The van der Waals surface area contributed by atoms with E-state index in [2.05, 4.69) is 0 Å². The van der Waals surface area contributed by atoms with E-state index in [-0.39, 0.29) is 23.4 Å². The second kappa shape index (κ2) is 4.21. The topological polar surface area (TPSA) is 46.6 Å².